The van der Waals surface area contributed by atoms with Crippen molar-refractivity contribution < 1.29 is 9.84 Å². The predicted molar refractivity (Wildman–Crippen MR) is 77.3 cm³/mol. The van der Waals surface area contributed by atoms with Gasteiger partial charge >= 0.3 is 0 Å². The van der Waals surface area contributed by atoms with Crippen LogP contribution in [0.25, 0.3) is 0 Å². The van der Waals surface area contributed by atoms with Gasteiger partial charge in [0.25, 0.3) is 0 Å². The van der Waals surface area contributed by atoms with E-state index in [1.54, 1.807) is 6.07 Å². The van der Waals surface area contributed by atoms with Crippen molar-refractivity contribution in [3.63, 3.8) is 0 Å². The molecule has 3 heteroatoms. The van der Waals surface area contributed by atoms with Crippen LogP contribution in [0.5, 0.6) is 5.75 Å². The van der Waals surface area contributed by atoms with E-state index in [0.717, 1.165) is 50.5 Å². The van der Waals surface area contributed by atoms with Gasteiger partial charge in [-0.15, -0.1) is 0 Å². The molecule has 0 aromatic heterocycles. The van der Waals surface area contributed by atoms with E-state index in [4.69, 9.17) is 4.74 Å². The molecule has 0 aliphatic carbocycles. The third kappa shape index (κ3) is 3.71. The molecule has 2 rings (SSSR count). The van der Waals surface area contributed by atoms with Crippen LogP contribution >= 0.6 is 0 Å². The van der Waals surface area contributed by atoms with Crippen LogP contribution in [-0.4, -0.2) is 36.8 Å². The molecule has 1 aromatic carbocycles. The highest BCUT2D eigenvalue weighted by atomic mass is 16.5. The van der Waals surface area contributed by atoms with Gasteiger partial charge in [-0.25, -0.2) is 0 Å². The average molecular weight is 263 g/mol. The van der Waals surface area contributed by atoms with Gasteiger partial charge in [0.15, 0.2) is 0 Å². The number of phenols is 1. The zero-order chi connectivity index (χ0) is 13.7. The molecule has 0 radical (unpaired) electrons. The van der Waals surface area contributed by atoms with E-state index in [9.17, 15) is 5.11 Å². The second-order valence-corrected chi connectivity index (χ2v) is 5.48. The van der Waals surface area contributed by atoms with Crippen LogP contribution in [0.2, 0.25) is 0 Å². The maximum Gasteiger partial charge on any atom is 0.120 e. The highest BCUT2D eigenvalue weighted by molar-refractivity contribution is 5.34. The van der Waals surface area contributed by atoms with Crippen LogP contribution in [0.3, 0.4) is 0 Å². The summed E-state index contributed by atoms with van der Waals surface area (Å²) < 4.78 is 5.41. The standard InChI is InChI=1S/C16H25NO2/c1-3-15(14-6-4-5-7-16(14)18)17(2)12-13-8-10-19-11-9-13/h4-7,13,15,18H,3,8-12H2,1-2H3. The van der Waals surface area contributed by atoms with E-state index in [0.29, 0.717) is 11.8 Å². The van der Waals surface area contributed by atoms with Crippen molar-refractivity contribution in [1.82, 2.24) is 4.90 Å². The SMILES string of the molecule is CCC(c1ccccc1O)N(C)CC1CCOCC1. The summed E-state index contributed by atoms with van der Waals surface area (Å²) in [5.74, 6) is 1.13. The van der Waals surface area contributed by atoms with Crippen LogP contribution in [0.4, 0.5) is 0 Å². The highest BCUT2D eigenvalue weighted by Crippen LogP contribution is 2.31. The average Bonchev–Trinajstić information content (AvgIpc) is 2.43. The zero-order valence-electron chi connectivity index (χ0n) is 12.0. The molecule has 1 aliphatic heterocycles. The molecular formula is C16H25NO2. The van der Waals surface area contributed by atoms with Crippen LogP contribution in [0.15, 0.2) is 24.3 Å². The van der Waals surface area contributed by atoms with Crippen molar-refractivity contribution in [2.24, 2.45) is 5.92 Å². The summed E-state index contributed by atoms with van der Waals surface area (Å²) in [7, 11) is 2.16. The first-order chi connectivity index (χ1) is 9.22. The molecule has 1 heterocycles. The molecule has 1 unspecified atom stereocenters. The molecule has 1 aliphatic rings. The van der Waals surface area contributed by atoms with Crippen molar-refractivity contribution in [2.75, 3.05) is 26.8 Å². The van der Waals surface area contributed by atoms with Gasteiger partial charge in [0, 0.05) is 31.4 Å². The lowest BCUT2D eigenvalue weighted by Gasteiger charge is -2.33. The molecular weight excluding hydrogens is 238 g/mol. The van der Waals surface area contributed by atoms with Gasteiger partial charge in [0.1, 0.15) is 5.75 Å². The van der Waals surface area contributed by atoms with E-state index >= 15 is 0 Å². The second kappa shape index (κ2) is 6.92. The lowest BCUT2D eigenvalue weighted by Crippen LogP contribution is -2.32. The summed E-state index contributed by atoms with van der Waals surface area (Å²) in [4.78, 5) is 2.38. The highest BCUT2D eigenvalue weighted by Gasteiger charge is 2.22. The minimum absolute atomic E-state index is 0.295. The van der Waals surface area contributed by atoms with E-state index < -0.39 is 0 Å². The number of para-hydroxylation sites is 1. The summed E-state index contributed by atoms with van der Waals surface area (Å²) in [6.07, 6.45) is 3.32. The molecule has 106 valence electrons. The number of aromatic hydroxyl groups is 1. The molecule has 3 nitrogen and oxygen atoms in total. The third-order valence-electron chi connectivity index (χ3n) is 4.10. The second-order valence-electron chi connectivity index (χ2n) is 5.48. The molecule has 19 heavy (non-hydrogen) atoms. The minimum Gasteiger partial charge on any atom is -0.508 e. The van der Waals surface area contributed by atoms with E-state index in [-0.39, 0.29) is 0 Å². The molecule has 0 saturated carbocycles. The first-order valence-electron chi connectivity index (χ1n) is 7.28. The van der Waals surface area contributed by atoms with E-state index in [1.165, 1.54) is 0 Å². The summed E-state index contributed by atoms with van der Waals surface area (Å²) in [6.45, 7) is 5.05. The summed E-state index contributed by atoms with van der Waals surface area (Å²) in [5, 5.41) is 10.0. The minimum atomic E-state index is 0.295. The van der Waals surface area contributed by atoms with Crippen molar-refractivity contribution >= 4 is 0 Å². The fourth-order valence-electron chi connectivity index (χ4n) is 3.00. The summed E-state index contributed by atoms with van der Waals surface area (Å²) in [6, 6.07) is 7.98. The Morgan fingerprint density at radius 3 is 2.63 bits per heavy atom. The molecule has 1 N–H and O–H groups in total. The monoisotopic (exact) mass is 263 g/mol. The van der Waals surface area contributed by atoms with Gasteiger partial charge in [-0.2, -0.15) is 0 Å². The Kier molecular flexibility index (Phi) is 5.23. The van der Waals surface area contributed by atoms with Gasteiger partial charge in [-0.05, 0) is 38.3 Å². The van der Waals surface area contributed by atoms with Crippen LogP contribution in [0.1, 0.15) is 37.8 Å². The number of ether oxygens (including phenoxy) is 1. The van der Waals surface area contributed by atoms with E-state index in [1.807, 2.05) is 18.2 Å². The van der Waals surface area contributed by atoms with Crippen LogP contribution in [-0.2, 0) is 4.74 Å². The van der Waals surface area contributed by atoms with Crippen molar-refractivity contribution in [1.29, 1.82) is 0 Å². The Morgan fingerprint density at radius 1 is 1.32 bits per heavy atom. The Hall–Kier alpha value is -1.06. The number of hydrogen-bond donors (Lipinski definition) is 1. The maximum absolute atomic E-state index is 10.0. The lowest BCUT2D eigenvalue weighted by atomic mass is 9.96. The van der Waals surface area contributed by atoms with Gasteiger partial charge in [-0.3, -0.25) is 4.90 Å². The number of nitrogens with zero attached hydrogens (tertiary/aromatic N) is 1. The third-order valence-corrected chi connectivity index (χ3v) is 4.10. The van der Waals surface area contributed by atoms with Crippen molar-refractivity contribution in [3.8, 4) is 5.75 Å². The number of benzene rings is 1. The quantitative estimate of drug-likeness (QED) is 0.885. The maximum atomic E-state index is 10.0. The Bertz CT molecular complexity index is 388. The van der Waals surface area contributed by atoms with Crippen molar-refractivity contribution in [2.45, 2.75) is 32.2 Å². The Balaban J connectivity index is 2.02. The smallest absolute Gasteiger partial charge is 0.120 e. The number of phenolic OH excluding ortho intramolecular Hbond substituents is 1. The fraction of sp³-hybridized carbons (Fsp3) is 0.625. The molecule has 1 fully saturated rings. The first-order valence-corrected chi connectivity index (χ1v) is 7.28. The Morgan fingerprint density at radius 2 is 2.00 bits per heavy atom. The molecule has 1 aromatic rings. The number of hydrogen-bond acceptors (Lipinski definition) is 3. The predicted octanol–water partition coefficient (Wildman–Crippen LogP) is 3.20. The largest absolute Gasteiger partial charge is 0.508 e. The lowest BCUT2D eigenvalue weighted by molar-refractivity contribution is 0.0497. The summed E-state index contributed by atoms with van der Waals surface area (Å²) >= 11 is 0. The first kappa shape index (κ1) is 14.4. The van der Waals surface area contributed by atoms with Crippen LogP contribution in [0, 0.1) is 5.92 Å². The zero-order valence-corrected chi connectivity index (χ0v) is 12.0. The molecule has 1 atom stereocenters. The van der Waals surface area contributed by atoms with Gasteiger partial charge in [-0.1, -0.05) is 25.1 Å². The molecule has 1 saturated heterocycles. The van der Waals surface area contributed by atoms with E-state index in [2.05, 4.69) is 18.9 Å². The van der Waals surface area contributed by atoms with Gasteiger partial charge < -0.3 is 9.84 Å². The number of rotatable bonds is 5. The fourth-order valence-corrected chi connectivity index (χ4v) is 3.00. The van der Waals surface area contributed by atoms with Gasteiger partial charge in [0.2, 0.25) is 0 Å². The molecule has 0 spiro atoms. The van der Waals surface area contributed by atoms with Crippen molar-refractivity contribution in [3.05, 3.63) is 29.8 Å². The topological polar surface area (TPSA) is 32.7 Å². The molecule has 0 amide bonds. The molecule has 0 bridgehead atoms. The Labute approximate surface area is 116 Å². The van der Waals surface area contributed by atoms with Crippen LogP contribution < -0.4 is 0 Å². The van der Waals surface area contributed by atoms with Gasteiger partial charge in [0.05, 0.1) is 0 Å². The normalized spacial score (nSPS) is 18.7. The summed E-state index contributed by atoms with van der Waals surface area (Å²) in [5.41, 5.74) is 1.04.